The van der Waals surface area contributed by atoms with E-state index in [1.807, 2.05) is 0 Å². The van der Waals surface area contributed by atoms with Crippen LogP contribution in [0.5, 0.6) is 0 Å². The van der Waals surface area contributed by atoms with Crippen molar-refractivity contribution in [2.45, 2.75) is 12.6 Å². The van der Waals surface area contributed by atoms with Crippen LogP contribution in [0, 0.1) is 0 Å². The smallest absolute Gasteiger partial charge is 0.480 e. The minimum Gasteiger partial charge on any atom is -0.480 e. The summed E-state index contributed by atoms with van der Waals surface area (Å²) in [7, 11) is 0. The molecule has 126 valence electrons. The first kappa shape index (κ1) is 17.5. The Hall–Kier alpha value is -2.85. The Morgan fingerprint density at radius 1 is 1.38 bits per heavy atom. The molecule has 1 aliphatic rings. The highest BCUT2D eigenvalue weighted by Gasteiger charge is 2.41. The summed E-state index contributed by atoms with van der Waals surface area (Å²) in [4.78, 5) is 47.4. The maximum absolute atomic E-state index is 12.4. The van der Waals surface area contributed by atoms with Gasteiger partial charge in [-0.2, -0.15) is 14.3 Å². The highest BCUT2D eigenvalue weighted by Crippen LogP contribution is 2.21. The fourth-order valence-corrected chi connectivity index (χ4v) is 2.85. The molecule has 0 bridgehead atoms. The molecule has 0 fully saturated rings. The summed E-state index contributed by atoms with van der Waals surface area (Å²) in [5.41, 5.74) is 5.68. The largest absolute Gasteiger partial charge is 0.501 e. The molecule has 2 rings (SSSR count). The van der Waals surface area contributed by atoms with Crippen molar-refractivity contribution in [1.29, 1.82) is 0 Å². The molecule has 1 aromatic rings. The van der Waals surface area contributed by atoms with Gasteiger partial charge in [0.05, 0.1) is 5.57 Å². The van der Waals surface area contributed by atoms with Crippen molar-refractivity contribution < 1.29 is 34.0 Å². The average molecular weight is 352 g/mol. The van der Waals surface area contributed by atoms with Crippen LogP contribution < -0.4 is 5.73 Å². The molecular weight excluding hydrogens is 338 g/mol. The minimum atomic E-state index is -1.33. The van der Waals surface area contributed by atoms with Crippen LogP contribution in [-0.4, -0.2) is 62.4 Å². The van der Waals surface area contributed by atoms with Gasteiger partial charge in [-0.25, -0.2) is 9.59 Å². The molecule has 0 aliphatic carbocycles. The second kappa shape index (κ2) is 6.72. The van der Waals surface area contributed by atoms with E-state index in [0.29, 0.717) is 5.56 Å². The number of carbonyl (C=O) groups is 4. The molecule has 1 aliphatic heterocycles. The summed E-state index contributed by atoms with van der Waals surface area (Å²) in [6.07, 6.45) is 1.13. The van der Waals surface area contributed by atoms with E-state index >= 15 is 0 Å². The monoisotopic (exact) mass is 352 g/mol. The van der Waals surface area contributed by atoms with Gasteiger partial charge >= 0.3 is 23.9 Å². The summed E-state index contributed by atoms with van der Waals surface area (Å²) in [6.45, 7) is 2.93. The number of imide groups is 1. The van der Waals surface area contributed by atoms with Crippen LogP contribution in [0.25, 0.3) is 0 Å². The van der Waals surface area contributed by atoms with Crippen molar-refractivity contribution in [3.63, 3.8) is 0 Å². The van der Waals surface area contributed by atoms with E-state index in [-0.39, 0.29) is 23.5 Å². The van der Waals surface area contributed by atoms with Crippen LogP contribution in [0.1, 0.15) is 15.2 Å². The molecule has 0 saturated carbocycles. The van der Waals surface area contributed by atoms with Crippen LogP contribution >= 0.6 is 11.3 Å². The lowest BCUT2D eigenvalue weighted by Gasteiger charge is -2.20. The lowest BCUT2D eigenvalue weighted by molar-refractivity contribution is -0.433. The molecule has 0 aromatic carbocycles. The second-order valence-electron chi connectivity index (χ2n) is 5.01. The van der Waals surface area contributed by atoms with Gasteiger partial charge in [0, 0.05) is 5.56 Å². The Kier molecular flexibility index (Phi) is 4.90. The number of aliphatic carboxylic acids is 1. The number of aromatic carboxylic acids is 1. The van der Waals surface area contributed by atoms with Gasteiger partial charge < -0.3 is 15.9 Å². The van der Waals surface area contributed by atoms with E-state index in [1.165, 1.54) is 11.4 Å². The first-order valence-electron chi connectivity index (χ1n) is 6.66. The molecule has 9 nitrogen and oxygen atoms in total. The highest BCUT2D eigenvalue weighted by atomic mass is 32.1. The first-order chi connectivity index (χ1) is 11.2. The summed E-state index contributed by atoms with van der Waals surface area (Å²) in [6, 6.07) is -0.612. The number of urea groups is 1. The van der Waals surface area contributed by atoms with Crippen molar-refractivity contribution in [3.05, 3.63) is 34.0 Å². The highest BCUT2D eigenvalue weighted by molar-refractivity contribution is 7.12. The van der Waals surface area contributed by atoms with Gasteiger partial charge in [-0.3, -0.25) is 4.79 Å². The Bertz CT molecular complexity index is 781. The van der Waals surface area contributed by atoms with Gasteiger partial charge in [-0.05, 0) is 11.4 Å². The standard InChI is InChI=1S/C14H13N3O6S/c1-7-4-16(6-9(15)12(19)20)14(23)17(11(7)18)5-8-2-3-24-10(8)13(21)22/h2-4,9H,1,5-6,15H2,(H-,19,20,21,22)/p+1. The molecule has 4 N–H and O–H groups in total. The fourth-order valence-electron chi connectivity index (χ4n) is 2.09. The summed E-state index contributed by atoms with van der Waals surface area (Å²) >= 11 is 0.974. The second-order valence-corrected chi connectivity index (χ2v) is 5.92. The zero-order valence-corrected chi connectivity index (χ0v) is 13.2. The van der Waals surface area contributed by atoms with Gasteiger partial charge in [0.2, 0.25) is 0 Å². The maximum Gasteiger partial charge on any atom is 0.501 e. The lowest BCUT2D eigenvalue weighted by atomic mass is 10.2. The molecular formula is C14H14N3O6S+. The van der Waals surface area contributed by atoms with E-state index in [9.17, 15) is 19.2 Å². The zero-order valence-electron chi connectivity index (χ0n) is 12.3. The number of nitrogens with zero attached hydrogens (tertiary/aromatic N) is 2. The topological polar surface area (TPSA) is 141 Å². The number of nitrogens with two attached hydrogens (primary N) is 1. The Morgan fingerprint density at radius 2 is 2.04 bits per heavy atom. The number of carboxylic acid groups (broad SMARTS) is 2. The number of carbonyl (C=O) groups excluding carboxylic acids is 2. The van der Waals surface area contributed by atoms with Gasteiger partial charge in [-0.1, -0.05) is 6.58 Å². The molecule has 0 spiro atoms. The van der Waals surface area contributed by atoms with Crippen LogP contribution in [0.3, 0.4) is 0 Å². The number of hydrogen-bond acceptors (Lipinski definition) is 6. The zero-order chi connectivity index (χ0) is 18.0. The quantitative estimate of drug-likeness (QED) is 0.482. The molecule has 1 aromatic heterocycles. The maximum atomic E-state index is 12.4. The molecule has 1 atom stereocenters. The third kappa shape index (κ3) is 3.39. The number of thiophene rings is 1. The van der Waals surface area contributed by atoms with Crippen molar-refractivity contribution in [1.82, 2.24) is 4.90 Å². The van der Waals surface area contributed by atoms with Gasteiger partial charge in [-0.15, -0.1) is 11.3 Å². The van der Waals surface area contributed by atoms with E-state index in [4.69, 9.17) is 15.9 Å². The van der Waals surface area contributed by atoms with Crippen molar-refractivity contribution >= 4 is 41.4 Å². The number of amides is 3. The molecule has 0 radical (unpaired) electrons. The molecule has 24 heavy (non-hydrogen) atoms. The van der Waals surface area contributed by atoms with Crippen molar-refractivity contribution in [2.75, 3.05) is 6.54 Å². The predicted molar refractivity (Wildman–Crippen MR) is 83.2 cm³/mol. The SMILES string of the molecule is C=C1C=[N+](CC(N)C(=O)O)C(=O)N(Cc2ccsc2C(=O)O)C1=O. The number of hydrogen-bond donors (Lipinski definition) is 3. The number of rotatable bonds is 6. The first-order valence-corrected chi connectivity index (χ1v) is 7.54. The summed E-state index contributed by atoms with van der Waals surface area (Å²) in [5.74, 6) is -3.13. The molecule has 3 amide bonds. The van der Waals surface area contributed by atoms with E-state index in [0.717, 1.165) is 27.0 Å². The van der Waals surface area contributed by atoms with Crippen molar-refractivity contribution in [3.8, 4) is 0 Å². The predicted octanol–water partition coefficient (Wildman–Crippen LogP) is -0.0401. The summed E-state index contributed by atoms with van der Waals surface area (Å²) < 4.78 is 0.981. The summed E-state index contributed by atoms with van der Waals surface area (Å²) in [5, 5.41) is 19.5. The van der Waals surface area contributed by atoms with Crippen LogP contribution in [0.4, 0.5) is 4.79 Å². The number of carboxylic acids is 2. The van der Waals surface area contributed by atoms with E-state index in [2.05, 4.69) is 6.58 Å². The third-order valence-corrected chi connectivity index (χ3v) is 4.23. The Morgan fingerprint density at radius 3 is 2.62 bits per heavy atom. The normalized spacial score (nSPS) is 16.1. The molecule has 1 unspecified atom stereocenters. The fraction of sp³-hybridized carbons (Fsp3) is 0.214. The van der Waals surface area contributed by atoms with Crippen molar-refractivity contribution in [2.24, 2.45) is 5.73 Å². The minimum absolute atomic E-state index is 0.0181. The van der Waals surface area contributed by atoms with Gasteiger partial charge in [0.15, 0.2) is 0 Å². The van der Waals surface area contributed by atoms with Crippen LogP contribution in [0.15, 0.2) is 23.6 Å². The molecule has 2 heterocycles. The Balaban J connectivity index is 2.28. The van der Waals surface area contributed by atoms with Gasteiger partial charge in [0.25, 0.3) is 0 Å². The Labute approximate surface area is 139 Å². The lowest BCUT2D eigenvalue weighted by Crippen LogP contribution is -2.51. The molecule has 10 heteroatoms. The van der Waals surface area contributed by atoms with Crippen LogP contribution in [-0.2, 0) is 16.1 Å². The van der Waals surface area contributed by atoms with E-state index in [1.54, 1.807) is 0 Å². The van der Waals surface area contributed by atoms with Gasteiger partial charge in [0.1, 0.15) is 30.2 Å². The average Bonchev–Trinajstić information content (AvgIpc) is 2.97. The van der Waals surface area contributed by atoms with E-state index < -0.39 is 29.9 Å². The molecule has 0 saturated heterocycles. The van der Waals surface area contributed by atoms with Crippen LogP contribution in [0.2, 0.25) is 0 Å². The third-order valence-electron chi connectivity index (χ3n) is 3.29.